The number of nitrogens with one attached hydrogen (secondary N) is 1. The van der Waals surface area contributed by atoms with Crippen molar-refractivity contribution < 1.29 is 12.8 Å². The van der Waals surface area contributed by atoms with Crippen molar-refractivity contribution in [1.29, 1.82) is 0 Å². The van der Waals surface area contributed by atoms with Crippen LogP contribution in [0.5, 0.6) is 0 Å². The molecule has 0 unspecified atom stereocenters. The van der Waals surface area contributed by atoms with Gasteiger partial charge in [-0.15, -0.1) is 0 Å². The standard InChI is InChI=1S/C13H18N4O3S/c1-8-9(2)15-10(3)17-7-11(6-12(8)17)16-21(18,19)13-14-4-5-20-13/h4-5,9,11,16H,6-7H2,1-3H3/t9-,11-/m0/s1. The summed E-state index contributed by atoms with van der Waals surface area (Å²) in [7, 11) is -3.71. The minimum absolute atomic E-state index is 0.151. The zero-order valence-corrected chi connectivity index (χ0v) is 13.0. The molecule has 2 aliphatic rings. The number of aromatic nitrogens is 1. The van der Waals surface area contributed by atoms with Crippen LogP contribution in [0, 0.1) is 0 Å². The van der Waals surface area contributed by atoms with E-state index in [1.54, 1.807) is 0 Å². The lowest BCUT2D eigenvalue weighted by Gasteiger charge is -2.28. The van der Waals surface area contributed by atoms with Gasteiger partial charge in [0.15, 0.2) is 0 Å². The molecule has 2 atom stereocenters. The lowest BCUT2D eigenvalue weighted by atomic mass is 10.0. The van der Waals surface area contributed by atoms with Crippen LogP contribution >= 0.6 is 0 Å². The van der Waals surface area contributed by atoms with E-state index in [9.17, 15) is 8.42 Å². The second-order valence-electron chi connectivity index (χ2n) is 5.41. The van der Waals surface area contributed by atoms with Crippen LogP contribution in [0.1, 0.15) is 27.2 Å². The molecule has 8 heteroatoms. The van der Waals surface area contributed by atoms with E-state index >= 15 is 0 Å². The zero-order valence-electron chi connectivity index (χ0n) is 12.2. The molecule has 0 saturated carbocycles. The molecule has 0 radical (unpaired) electrons. The number of fused-ring (bicyclic) bond motifs is 1. The third kappa shape index (κ3) is 2.49. The summed E-state index contributed by atoms with van der Waals surface area (Å²) in [5, 5.41) is -0.295. The molecule has 1 N–H and O–H groups in total. The van der Waals surface area contributed by atoms with Gasteiger partial charge in [0.05, 0.1) is 12.2 Å². The van der Waals surface area contributed by atoms with Crippen LogP contribution in [-0.4, -0.2) is 42.8 Å². The number of oxazole rings is 1. The Morgan fingerprint density at radius 2 is 2.19 bits per heavy atom. The zero-order chi connectivity index (χ0) is 15.2. The van der Waals surface area contributed by atoms with E-state index < -0.39 is 10.0 Å². The van der Waals surface area contributed by atoms with Crippen molar-refractivity contribution in [2.75, 3.05) is 6.54 Å². The minimum atomic E-state index is -3.71. The average Bonchev–Trinajstić information content (AvgIpc) is 3.04. The van der Waals surface area contributed by atoms with E-state index in [1.807, 2.05) is 20.8 Å². The van der Waals surface area contributed by atoms with Gasteiger partial charge < -0.3 is 9.32 Å². The van der Waals surface area contributed by atoms with Gasteiger partial charge in [-0.2, -0.15) is 0 Å². The molecule has 21 heavy (non-hydrogen) atoms. The molecule has 2 aliphatic heterocycles. The van der Waals surface area contributed by atoms with Gasteiger partial charge in [-0.3, -0.25) is 4.99 Å². The lowest BCUT2D eigenvalue weighted by molar-refractivity contribution is 0.421. The van der Waals surface area contributed by atoms with Crippen molar-refractivity contribution in [3.05, 3.63) is 23.7 Å². The molecular formula is C13H18N4O3S. The largest absolute Gasteiger partial charge is 0.436 e. The van der Waals surface area contributed by atoms with Gasteiger partial charge in [0.2, 0.25) is 0 Å². The van der Waals surface area contributed by atoms with Crippen molar-refractivity contribution in [3.8, 4) is 0 Å². The molecule has 0 aliphatic carbocycles. The number of hydrogen-bond acceptors (Lipinski definition) is 6. The lowest BCUT2D eigenvalue weighted by Crippen LogP contribution is -2.38. The highest BCUT2D eigenvalue weighted by Crippen LogP contribution is 2.31. The van der Waals surface area contributed by atoms with Crippen molar-refractivity contribution in [2.45, 2.75) is 44.5 Å². The topological polar surface area (TPSA) is 87.8 Å². The maximum absolute atomic E-state index is 12.2. The summed E-state index contributed by atoms with van der Waals surface area (Å²) in [4.78, 5) is 10.3. The van der Waals surface area contributed by atoms with Crippen LogP contribution in [0.2, 0.25) is 0 Å². The minimum Gasteiger partial charge on any atom is -0.436 e. The third-order valence-corrected chi connectivity index (χ3v) is 5.29. The number of sulfonamides is 1. The van der Waals surface area contributed by atoms with Crippen molar-refractivity contribution in [1.82, 2.24) is 14.6 Å². The highest BCUT2D eigenvalue weighted by atomic mass is 32.2. The molecule has 3 rings (SSSR count). The maximum atomic E-state index is 12.2. The molecule has 0 spiro atoms. The maximum Gasteiger partial charge on any atom is 0.330 e. The molecule has 3 heterocycles. The first-order chi connectivity index (χ1) is 9.88. The van der Waals surface area contributed by atoms with Crippen LogP contribution < -0.4 is 4.72 Å². The summed E-state index contributed by atoms with van der Waals surface area (Å²) in [5.41, 5.74) is 2.36. The highest BCUT2D eigenvalue weighted by molar-refractivity contribution is 7.89. The number of nitrogens with zero attached hydrogens (tertiary/aromatic N) is 3. The van der Waals surface area contributed by atoms with Crippen LogP contribution in [0.4, 0.5) is 0 Å². The predicted molar refractivity (Wildman–Crippen MR) is 77.2 cm³/mol. The number of hydrogen-bond donors (Lipinski definition) is 1. The molecular weight excluding hydrogens is 292 g/mol. The first-order valence-corrected chi connectivity index (χ1v) is 8.30. The Morgan fingerprint density at radius 1 is 1.43 bits per heavy atom. The second kappa shape index (κ2) is 4.96. The van der Waals surface area contributed by atoms with Crippen molar-refractivity contribution in [2.24, 2.45) is 4.99 Å². The molecule has 1 saturated heterocycles. The smallest absolute Gasteiger partial charge is 0.330 e. The quantitative estimate of drug-likeness (QED) is 0.904. The number of aliphatic imine (C=N–C) groups is 1. The Labute approximate surface area is 123 Å². The Bertz CT molecular complexity index is 706. The number of rotatable bonds is 3. The summed E-state index contributed by atoms with van der Waals surface area (Å²) in [6.45, 7) is 6.63. The Hall–Kier alpha value is -1.67. The fraction of sp³-hybridized carbons (Fsp3) is 0.538. The van der Waals surface area contributed by atoms with Gasteiger partial charge in [-0.1, -0.05) is 0 Å². The summed E-state index contributed by atoms with van der Waals surface area (Å²) in [6, 6.07) is -0.0550. The normalized spacial score (nSPS) is 26.0. The Morgan fingerprint density at radius 3 is 2.86 bits per heavy atom. The Balaban J connectivity index is 1.81. The molecule has 1 aromatic rings. The third-order valence-electron chi connectivity index (χ3n) is 3.98. The van der Waals surface area contributed by atoms with Crippen LogP contribution in [-0.2, 0) is 10.0 Å². The molecule has 0 bridgehead atoms. The molecule has 1 fully saturated rings. The van der Waals surface area contributed by atoms with E-state index in [-0.39, 0.29) is 17.3 Å². The molecule has 114 valence electrons. The summed E-state index contributed by atoms with van der Waals surface area (Å²) in [5.74, 6) is 0.931. The van der Waals surface area contributed by atoms with Gasteiger partial charge in [0.1, 0.15) is 12.1 Å². The molecule has 7 nitrogen and oxygen atoms in total. The van der Waals surface area contributed by atoms with E-state index in [1.165, 1.54) is 18.0 Å². The van der Waals surface area contributed by atoms with Crippen LogP contribution in [0.15, 0.2) is 38.4 Å². The first kappa shape index (κ1) is 14.3. The fourth-order valence-electron chi connectivity index (χ4n) is 2.82. The molecule has 0 aromatic carbocycles. The predicted octanol–water partition coefficient (Wildman–Crippen LogP) is 1.12. The van der Waals surface area contributed by atoms with E-state index in [2.05, 4.69) is 19.6 Å². The van der Waals surface area contributed by atoms with E-state index in [0.29, 0.717) is 13.0 Å². The van der Waals surface area contributed by atoms with Gasteiger partial charge in [-0.05, 0) is 26.3 Å². The van der Waals surface area contributed by atoms with Gasteiger partial charge in [0.25, 0.3) is 10.0 Å². The van der Waals surface area contributed by atoms with Gasteiger partial charge in [0, 0.05) is 24.7 Å². The van der Waals surface area contributed by atoms with Gasteiger partial charge in [-0.25, -0.2) is 18.1 Å². The average molecular weight is 310 g/mol. The van der Waals surface area contributed by atoms with Crippen molar-refractivity contribution >= 4 is 15.9 Å². The summed E-state index contributed by atoms with van der Waals surface area (Å²) >= 11 is 0. The Kier molecular flexibility index (Phi) is 3.37. The van der Waals surface area contributed by atoms with E-state index in [0.717, 1.165) is 11.5 Å². The summed E-state index contributed by atoms with van der Waals surface area (Å²) < 4.78 is 31.8. The number of amidine groups is 1. The fourth-order valence-corrected chi connectivity index (χ4v) is 3.90. The molecule has 0 amide bonds. The van der Waals surface area contributed by atoms with E-state index in [4.69, 9.17) is 4.42 Å². The monoisotopic (exact) mass is 310 g/mol. The van der Waals surface area contributed by atoms with Gasteiger partial charge >= 0.3 is 5.22 Å². The van der Waals surface area contributed by atoms with Crippen LogP contribution in [0.3, 0.4) is 0 Å². The summed E-state index contributed by atoms with van der Waals surface area (Å²) in [6.07, 6.45) is 3.22. The van der Waals surface area contributed by atoms with Crippen molar-refractivity contribution in [3.63, 3.8) is 0 Å². The SMILES string of the molecule is CC1=N[C@@H](C)C(C)=C2C[C@H](NS(=O)(=O)c3ncco3)CN12. The van der Waals surface area contributed by atoms with Crippen LogP contribution in [0.25, 0.3) is 0 Å². The molecule has 1 aromatic heterocycles. The second-order valence-corrected chi connectivity index (χ2v) is 7.00. The highest BCUT2D eigenvalue weighted by Gasteiger charge is 2.36. The first-order valence-electron chi connectivity index (χ1n) is 6.82.